The predicted molar refractivity (Wildman–Crippen MR) is 167 cm³/mol. The first kappa shape index (κ1) is 23.8. The molecule has 0 amide bonds. The number of benzene rings is 6. The van der Waals surface area contributed by atoms with Crippen LogP contribution in [0.15, 0.2) is 130 Å². The van der Waals surface area contributed by atoms with E-state index in [1.807, 2.05) is 84.9 Å². The van der Waals surface area contributed by atoms with Gasteiger partial charge in [-0.25, -0.2) is 0 Å². The van der Waals surface area contributed by atoms with Crippen molar-refractivity contribution in [3.63, 3.8) is 0 Å². The van der Waals surface area contributed by atoms with E-state index in [1.54, 1.807) is 0 Å². The fourth-order valence-corrected chi connectivity index (χ4v) is 5.91. The molecular formula is C38H20N2O2. The molecule has 0 saturated heterocycles. The van der Waals surface area contributed by atoms with Gasteiger partial charge in [0, 0.05) is 32.7 Å². The van der Waals surface area contributed by atoms with Crippen LogP contribution in [0, 0.1) is 22.7 Å². The number of nitriles is 2. The molecule has 0 spiro atoms. The number of hydrogen-bond acceptors (Lipinski definition) is 4. The highest BCUT2D eigenvalue weighted by Crippen LogP contribution is 2.41. The molecule has 0 aliphatic rings. The minimum atomic E-state index is 0.590. The van der Waals surface area contributed by atoms with Crippen molar-refractivity contribution in [3.05, 3.63) is 132 Å². The molecule has 0 aliphatic heterocycles. The van der Waals surface area contributed by atoms with Crippen LogP contribution in [0.1, 0.15) is 11.1 Å². The number of furan rings is 2. The molecule has 194 valence electrons. The summed E-state index contributed by atoms with van der Waals surface area (Å²) >= 11 is 0. The quantitative estimate of drug-likeness (QED) is 0.225. The lowest BCUT2D eigenvalue weighted by Gasteiger charge is -2.15. The summed E-state index contributed by atoms with van der Waals surface area (Å²) in [6.45, 7) is 0. The van der Waals surface area contributed by atoms with E-state index in [9.17, 15) is 10.5 Å². The van der Waals surface area contributed by atoms with E-state index in [0.29, 0.717) is 11.1 Å². The smallest absolute Gasteiger partial charge is 0.135 e. The molecule has 0 saturated carbocycles. The monoisotopic (exact) mass is 536 g/mol. The molecule has 8 aromatic rings. The number of hydrogen-bond donors (Lipinski definition) is 0. The zero-order chi connectivity index (χ0) is 28.2. The van der Waals surface area contributed by atoms with Crippen molar-refractivity contribution in [1.82, 2.24) is 0 Å². The summed E-state index contributed by atoms with van der Waals surface area (Å²) in [7, 11) is 0. The molecule has 4 nitrogen and oxygen atoms in total. The Labute approximate surface area is 240 Å². The Kier molecular flexibility index (Phi) is 5.22. The largest absolute Gasteiger partial charge is 0.456 e. The summed E-state index contributed by atoms with van der Waals surface area (Å²) in [5, 5.41) is 24.0. The van der Waals surface area contributed by atoms with E-state index >= 15 is 0 Å². The topological polar surface area (TPSA) is 73.9 Å². The van der Waals surface area contributed by atoms with Crippen molar-refractivity contribution in [2.75, 3.05) is 0 Å². The summed E-state index contributed by atoms with van der Waals surface area (Å²) < 4.78 is 12.2. The Morgan fingerprint density at radius 3 is 1.38 bits per heavy atom. The summed E-state index contributed by atoms with van der Waals surface area (Å²) in [6.07, 6.45) is 0. The molecule has 0 atom stereocenters. The fraction of sp³-hybridized carbons (Fsp3) is 0. The number of nitrogens with zero attached hydrogens (tertiary/aromatic N) is 2. The first-order chi connectivity index (χ1) is 20.7. The van der Waals surface area contributed by atoms with Crippen LogP contribution in [0.5, 0.6) is 0 Å². The molecule has 4 heteroatoms. The van der Waals surface area contributed by atoms with Crippen LogP contribution in [0.2, 0.25) is 0 Å². The van der Waals surface area contributed by atoms with Crippen molar-refractivity contribution in [2.45, 2.75) is 0 Å². The van der Waals surface area contributed by atoms with Crippen LogP contribution in [-0.2, 0) is 0 Å². The second-order valence-corrected chi connectivity index (χ2v) is 10.4. The van der Waals surface area contributed by atoms with Gasteiger partial charge in [0.1, 0.15) is 28.4 Å². The second-order valence-electron chi connectivity index (χ2n) is 10.4. The van der Waals surface area contributed by atoms with Crippen LogP contribution < -0.4 is 0 Å². The second kappa shape index (κ2) is 9.24. The van der Waals surface area contributed by atoms with E-state index < -0.39 is 0 Å². The average Bonchev–Trinajstić information content (AvgIpc) is 3.61. The minimum Gasteiger partial charge on any atom is -0.456 e. The van der Waals surface area contributed by atoms with Crippen molar-refractivity contribution < 1.29 is 8.83 Å². The molecule has 0 fully saturated rings. The van der Waals surface area contributed by atoms with Gasteiger partial charge in [-0.2, -0.15) is 10.5 Å². The number of rotatable bonds is 3. The Morgan fingerprint density at radius 1 is 0.405 bits per heavy atom. The Balaban J connectivity index is 1.41. The maximum Gasteiger partial charge on any atom is 0.135 e. The molecule has 0 N–H and O–H groups in total. The van der Waals surface area contributed by atoms with Crippen molar-refractivity contribution in [1.29, 1.82) is 10.5 Å². The molecule has 6 aromatic carbocycles. The average molecular weight is 537 g/mol. The van der Waals surface area contributed by atoms with Gasteiger partial charge in [-0.05, 0) is 82.9 Å². The highest BCUT2D eigenvalue weighted by molar-refractivity contribution is 6.08. The highest BCUT2D eigenvalue weighted by atomic mass is 16.3. The normalized spacial score (nSPS) is 11.3. The first-order valence-corrected chi connectivity index (χ1v) is 13.6. The van der Waals surface area contributed by atoms with Crippen molar-refractivity contribution >= 4 is 43.9 Å². The van der Waals surface area contributed by atoms with Crippen LogP contribution in [0.4, 0.5) is 0 Å². The van der Waals surface area contributed by atoms with Crippen LogP contribution in [-0.4, -0.2) is 0 Å². The molecular weight excluding hydrogens is 516 g/mol. The Morgan fingerprint density at radius 2 is 0.881 bits per heavy atom. The third-order valence-corrected chi connectivity index (χ3v) is 7.97. The standard InChI is InChI=1S/C38H20N2O2/c39-21-23-9-11-24(12-10-23)27-19-30(25-13-15-37-32(17-25)28-5-1-3-7-35(28)41-37)34(22-40)31(20-27)26-14-16-38-33(18-26)29-6-2-4-8-36(29)42-38/h1-20H. The molecule has 0 unspecified atom stereocenters. The Hall–Kier alpha value is -6.10. The van der Waals surface area contributed by atoms with E-state index in [2.05, 4.69) is 48.5 Å². The summed E-state index contributed by atoms with van der Waals surface area (Å²) in [6, 6.07) is 44.6. The number of para-hydroxylation sites is 2. The van der Waals surface area contributed by atoms with E-state index in [1.165, 1.54) is 0 Å². The third kappa shape index (κ3) is 3.68. The maximum atomic E-state index is 10.6. The molecule has 2 heterocycles. The molecule has 8 rings (SSSR count). The first-order valence-electron chi connectivity index (χ1n) is 13.6. The third-order valence-electron chi connectivity index (χ3n) is 7.97. The van der Waals surface area contributed by atoms with E-state index in [4.69, 9.17) is 8.83 Å². The molecule has 2 aromatic heterocycles. The van der Waals surface area contributed by atoms with Gasteiger partial charge in [-0.1, -0.05) is 60.7 Å². The number of fused-ring (bicyclic) bond motifs is 6. The van der Waals surface area contributed by atoms with E-state index in [0.717, 1.165) is 77.3 Å². The van der Waals surface area contributed by atoms with Gasteiger partial charge >= 0.3 is 0 Å². The maximum absolute atomic E-state index is 10.6. The molecule has 0 aliphatic carbocycles. The Bertz CT molecular complexity index is 2290. The lowest BCUT2D eigenvalue weighted by atomic mass is 9.87. The summed E-state index contributed by atoms with van der Waals surface area (Å²) in [4.78, 5) is 0. The minimum absolute atomic E-state index is 0.590. The lowest BCUT2D eigenvalue weighted by Crippen LogP contribution is -1.93. The van der Waals surface area contributed by atoms with Crippen molar-refractivity contribution in [3.8, 4) is 45.5 Å². The SMILES string of the molecule is N#Cc1ccc(-c2cc(-c3ccc4oc5ccccc5c4c3)c(C#N)c(-c3ccc4oc5ccccc5c4c3)c2)cc1. The van der Waals surface area contributed by atoms with Crippen molar-refractivity contribution in [2.24, 2.45) is 0 Å². The van der Waals surface area contributed by atoms with Gasteiger partial charge in [0.15, 0.2) is 0 Å². The highest BCUT2D eigenvalue weighted by Gasteiger charge is 2.18. The van der Waals surface area contributed by atoms with Gasteiger partial charge < -0.3 is 8.83 Å². The molecule has 0 bridgehead atoms. The summed E-state index contributed by atoms with van der Waals surface area (Å²) in [5.74, 6) is 0. The van der Waals surface area contributed by atoms with Gasteiger partial charge in [0.2, 0.25) is 0 Å². The van der Waals surface area contributed by atoms with Gasteiger partial charge in [0.05, 0.1) is 17.2 Å². The predicted octanol–water partition coefficient (Wildman–Crippen LogP) is 10.2. The summed E-state index contributed by atoms with van der Waals surface area (Å²) in [5.41, 5.74) is 9.90. The lowest BCUT2D eigenvalue weighted by molar-refractivity contribution is 0.668. The van der Waals surface area contributed by atoms with Gasteiger partial charge in [-0.3, -0.25) is 0 Å². The molecule has 0 radical (unpaired) electrons. The van der Waals surface area contributed by atoms with Gasteiger partial charge in [0.25, 0.3) is 0 Å². The van der Waals surface area contributed by atoms with Gasteiger partial charge in [-0.15, -0.1) is 0 Å². The van der Waals surface area contributed by atoms with Crippen LogP contribution in [0.25, 0.3) is 77.3 Å². The zero-order valence-electron chi connectivity index (χ0n) is 22.3. The van der Waals surface area contributed by atoms with E-state index in [-0.39, 0.29) is 0 Å². The molecule has 42 heavy (non-hydrogen) atoms. The van der Waals surface area contributed by atoms with Crippen LogP contribution >= 0.6 is 0 Å². The van der Waals surface area contributed by atoms with Crippen LogP contribution in [0.3, 0.4) is 0 Å². The zero-order valence-corrected chi connectivity index (χ0v) is 22.3. The fourth-order valence-electron chi connectivity index (χ4n) is 5.91.